The van der Waals surface area contributed by atoms with E-state index in [0.29, 0.717) is 5.92 Å². The number of aromatic nitrogens is 1. The predicted molar refractivity (Wildman–Crippen MR) is 149 cm³/mol. The van der Waals surface area contributed by atoms with Crippen LogP contribution in [0, 0.1) is 22.7 Å². The van der Waals surface area contributed by atoms with Crippen LogP contribution in [0.2, 0.25) is 0 Å². The van der Waals surface area contributed by atoms with E-state index >= 15 is 0 Å². The van der Waals surface area contributed by atoms with Crippen molar-refractivity contribution >= 4 is 0 Å². The van der Waals surface area contributed by atoms with Gasteiger partial charge in [-0.05, 0) is 80.4 Å². The van der Waals surface area contributed by atoms with E-state index in [1.54, 1.807) is 0 Å². The molecule has 1 aliphatic rings. The summed E-state index contributed by atoms with van der Waals surface area (Å²) in [6, 6.07) is 16.2. The van der Waals surface area contributed by atoms with Crippen LogP contribution in [0.4, 0.5) is 0 Å². The number of nitriles is 1. The first-order chi connectivity index (χ1) is 17.1. The second-order valence-corrected chi connectivity index (χ2v) is 11.3. The molecular weight excluding hydrogens is 424 g/mol. The number of pyridine rings is 1. The molecular formula is C33H48N2. The summed E-state index contributed by atoms with van der Waals surface area (Å²) in [5.74, 6) is 1.32. The van der Waals surface area contributed by atoms with Gasteiger partial charge in [0, 0.05) is 11.8 Å². The Hall–Kier alpha value is -2.14. The molecule has 0 saturated heterocycles. The van der Waals surface area contributed by atoms with Crippen LogP contribution in [0.3, 0.4) is 0 Å². The van der Waals surface area contributed by atoms with Gasteiger partial charge >= 0.3 is 0 Å². The summed E-state index contributed by atoms with van der Waals surface area (Å²) in [4.78, 5) is 4.77. The smallest absolute Gasteiger partial charge is 0.0702 e. The normalized spacial score (nSPS) is 20.9. The van der Waals surface area contributed by atoms with Gasteiger partial charge in [-0.3, -0.25) is 4.98 Å². The van der Waals surface area contributed by atoms with Gasteiger partial charge in [-0.15, -0.1) is 0 Å². The molecule has 35 heavy (non-hydrogen) atoms. The molecule has 0 N–H and O–H groups in total. The van der Waals surface area contributed by atoms with Gasteiger partial charge in [-0.1, -0.05) is 96.0 Å². The molecule has 1 aromatic heterocycles. The number of aryl methyl sites for hydroxylation is 1. The van der Waals surface area contributed by atoms with E-state index in [1.807, 2.05) is 0 Å². The van der Waals surface area contributed by atoms with Gasteiger partial charge in [-0.2, -0.15) is 5.26 Å². The van der Waals surface area contributed by atoms with E-state index in [4.69, 9.17) is 4.98 Å². The number of hydrogen-bond acceptors (Lipinski definition) is 2. The molecule has 0 unspecified atom stereocenters. The lowest BCUT2D eigenvalue weighted by Crippen LogP contribution is -2.26. The van der Waals surface area contributed by atoms with Crippen LogP contribution in [0.1, 0.15) is 128 Å². The Kier molecular flexibility index (Phi) is 11.3. The molecule has 2 heteroatoms. The zero-order valence-electron chi connectivity index (χ0n) is 22.7. The molecule has 0 spiro atoms. The predicted octanol–water partition coefficient (Wildman–Crippen LogP) is 10.0. The average molecular weight is 473 g/mol. The number of hydrogen-bond donors (Lipinski definition) is 0. The molecule has 1 aromatic carbocycles. The van der Waals surface area contributed by atoms with Crippen LogP contribution in [-0.2, 0) is 6.42 Å². The third-order valence-corrected chi connectivity index (χ3v) is 8.56. The van der Waals surface area contributed by atoms with Gasteiger partial charge in [-0.25, -0.2) is 0 Å². The van der Waals surface area contributed by atoms with Crippen LogP contribution in [-0.4, -0.2) is 4.98 Å². The van der Waals surface area contributed by atoms with E-state index in [-0.39, 0.29) is 5.41 Å². The lowest BCUT2D eigenvalue weighted by Gasteiger charge is -2.36. The van der Waals surface area contributed by atoms with Crippen molar-refractivity contribution in [3.8, 4) is 17.3 Å². The third kappa shape index (κ3) is 8.49. The molecule has 190 valence electrons. The van der Waals surface area contributed by atoms with Crippen LogP contribution in [0.5, 0.6) is 0 Å². The molecule has 2 nitrogen and oxygen atoms in total. The quantitative estimate of drug-likeness (QED) is 0.256. The minimum Gasteiger partial charge on any atom is -0.256 e. The molecule has 0 aliphatic heterocycles. The summed E-state index contributed by atoms with van der Waals surface area (Å²) in [5.41, 5.74) is 4.97. The SMILES string of the molecule is CCCCCCCCCc1ccc(-c2ccc([C@H]3CC[C@@](C#N)(CC[C@@H](C)CC)CC3)cc2)nc1. The Morgan fingerprint density at radius 2 is 1.63 bits per heavy atom. The molecule has 0 bridgehead atoms. The average Bonchev–Trinajstić information content (AvgIpc) is 2.92. The van der Waals surface area contributed by atoms with E-state index < -0.39 is 0 Å². The van der Waals surface area contributed by atoms with E-state index in [2.05, 4.69) is 69.4 Å². The molecule has 2 aromatic rings. The highest BCUT2D eigenvalue weighted by Crippen LogP contribution is 2.46. The molecule has 0 amide bonds. The van der Waals surface area contributed by atoms with Crippen molar-refractivity contribution in [3.63, 3.8) is 0 Å². The molecule has 0 radical (unpaired) electrons. The summed E-state index contributed by atoms with van der Waals surface area (Å²) < 4.78 is 0. The number of benzene rings is 1. The Labute approximate surface area is 215 Å². The first kappa shape index (κ1) is 27.4. The van der Waals surface area contributed by atoms with Crippen LogP contribution < -0.4 is 0 Å². The highest BCUT2D eigenvalue weighted by molar-refractivity contribution is 5.59. The summed E-state index contributed by atoms with van der Waals surface area (Å²) in [5, 5.41) is 9.91. The highest BCUT2D eigenvalue weighted by Gasteiger charge is 2.35. The van der Waals surface area contributed by atoms with Crippen molar-refractivity contribution in [1.82, 2.24) is 4.98 Å². The molecule has 1 aliphatic carbocycles. The van der Waals surface area contributed by atoms with Gasteiger partial charge in [0.1, 0.15) is 0 Å². The second-order valence-electron chi connectivity index (χ2n) is 11.3. The number of nitrogens with zero attached hydrogens (tertiary/aromatic N) is 2. The van der Waals surface area contributed by atoms with Gasteiger partial charge in [0.25, 0.3) is 0 Å². The fourth-order valence-electron chi connectivity index (χ4n) is 5.60. The molecule has 3 rings (SSSR count). The van der Waals surface area contributed by atoms with E-state index in [1.165, 1.54) is 74.5 Å². The maximum absolute atomic E-state index is 9.91. The van der Waals surface area contributed by atoms with Gasteiger partial charge in [0.05, 0.1) is 17.2 Å². The topological polar surface area (TPSA) is 36.7 Å². The highest BCUT2D eigenvalue weighted by atomic mass is 14.7. The zero-order chi connectivity index (χ0) is 24.9. The molecule has 1 atom stereocenters. The standard InChI is InChI=1S/C33H48N2/c1-4-6-7-8-9-10-11-12-28-13-18-32(35-25-28)31-16-14-29(15-17-31)30-20-23-33(26-34,24-21-30)22-19-27(3)5-2/h13-18,25,27,30H,4-12,19-24H2,1-3H3/t27-,30-,33-/m0/s1. The van der Waals surface area contributed by atoms with Crippen LogP contribution >= 0.6 is 0 Å². The number of rotatable bonds is 14. The molecule has 1 saturated carbocycles. The lowest BCUT2D eigenvalue weighted by molar-refractivity contribution is 0.213. The number of unbranched alkanes of at least 4 members (excludes halogenated alkanes) is 6. The van der Waals surface area contributed by atoms with E-state index in [9.17, 15) is 5.26 Å². The minimum atomic E-state index is -0.0827. The van der Waals surface area contributed by atoms with Crippen molar-refractivity contribution in [2.45, 2.75) is 123 Å². The van der Waals surface area contributed by atoms with Crippen molar-refractivity contribution in [2.24, 2.45) is 11.3 Å². The van der Waals surface area contributed by atoms with Crippen molar-refractivity contribution in [1.29, 1.82) is 5.26 Å². The maximum atomic E-state index is 9.91. The fraction of sp³-hybridized carbons (Fsp3) is 0.636. The Morgan fingerprint density at radius 1 is 0.943 bits per heavy atom. The summed E-state index contributed by atoms with van der Waals surface area (Å²) in [6.45, 7) is 6.85. The Bertz CT molecular complexity index is 882. The van der Waals surface area contributed by atoms with Gasteiger partial charge < -0.3 is 0 Å². The molecule has 1 fully saturated rings. The van der Waals surface area contributed by atoms with Crippen LogP contribution in [0.25, 0.3) is 11.3 Å². The summed E-state index contributed by atoms with van der Waals surface area (Å²) in [6.07, 6.45) is 20.5. The summed E-state index contributed by atoms with van der Waals surface area (Å²) >= 11 is 0. The maximum Gasteiger partial charge on any atom is 0.0702 e. The van der Waals surface area contributed by atoms with Crippen molar-refractivity contribution < 1.29 is 0 Å². The lowest BCUT2D eigenvalue weighted by atomic mass is 9.67. The first-order valence-electron chi connectivity index (χ1n) is 14.6. The van der Waals surface area contributed by atoms with Gasteiger partial charge in [0.2, 0.25) is 0 Å². The van der Waals surface area contributed by atoms with Crippen molar-refractivity contribution in [2.75, 3.05) is 0 Å². The first-order valence-corrected chi connectivity index (χ1v) is 14.6. The van der Waals surface area contributed by atoms with Crippen LogP contribution in [0.15, 0.2) is 42.6 Å². The summed E-state index contributed by atoms with van der Waals surface area (Å²) in [7, 11) is 0. The Morgan fingerprint density at radius 3 is 2.23 bits per heavy atom. The fourth-order valence-corrected chi connectivity index (χ4v) is 5.60. The van der Waals surface area contributed by atoms with Crippen molar-refractivity contribution in [3.05, 3.63) is 53.7 Å². The van der Waals surface area contributed by atoms with Gasteiger partial charge in [0.15, 0.2) is 0 Å². The zero-order valence-corrected chi connectivity index (χ0v) is 22.7. The minimum absolute atomic E-state index is 0.0827. The largest absolute Gasteiger partial charge is 0.256 e. The monoisotopic (exact) mass is 472 g/mol. The Balaban J connectivity index is 1.46. The van der Waals surface area contributed by atoms with E-state index in [0.717, 1.165) is 50.1 Å². The second kappa shape index (κ2) is 14.4. The third-order valence-electron chi connectivity index (χ3n) is 8.56. The molecule has 1 heterocycles.